The molecule has 216 valence electrons. The molecule has 0 aromatic heterocycles. The second kappa shape index (κ2) is 18.9. The number of ether oxygens (including phenoxy) is 1. The molecule has 0 heterocycles. The first-order valence-electron chi connectivity index (χ1n) is 13.1. The number of amides is 2. The third-order valence-corrected chi connectivity index (χ3v) is 6.35. The fourth-order valence-electron chi connectivity index (χ4n) is 3.16. The Bertz CT molecular complexity index is 690. The van der Waals surface area contributed by atoms with Gasteiger partial charge in [0.2, 0.25) is 11.8 Å². The number of hydrogen-bond donors (Lipinski definition) is 6. The molecular formula is C25H51N7O5. The summed E-state index contributed by atoms with van der Waals surface area (Å²) in [6.45, 7) is 18.7. The van der Waals surface area contributed by atoms with Crippen LogP contribution in [0.5, 0.6) is 0 Å². The number of nitrogens with zero attached hydrogens (tertiary/aromatic N) is 3. The molecule has 2 amide bonds. The van der Waals surface area contributed by atoms with Crippen LogP contribution in [0.25, 0.3) is 0 Å². The predicted octanol–water partition coefficient (Wildman–Crippen LogP) is 1.16. The molecule has 0 unspecified atom stereocenters. The van der Waals surface area contributed by atoms with E-state index in [0.717, 1.165) is 6.42 Å². The molecule has 6 N–H and O–H groups in total. The molecule has 0 spiro atoms. The Kier molecular flexibility index (Phi) is 17.7. The number of rotatable bonds is 21. The maximum Gasteiger partial charge on any atom is 0.220 e. The largest absolute Gasteiger partial charge is 0.411 e. The molecule has 0 saturated heterocycles. The molecule has 0 fully saturated rings. The molecule has 0 aliphatic heterocycles. The van der Waals surface area contributed by atoms with E-state index in [9.17, 15) is 9.59 Å². The van der Waals surface area contributed by atoms with E-state index in [4.69, 9.17) is 15.2 Å². The Hall–Kier alpha value is -2.28. The van der Waals surface area contributed by atoms with Crippen LogP contribution in [0.2, 0.25) is 0 Å². The number of nitrogens with one attached hydrogen (secondary N) is 4. The second-order valence-corrected chi connectivity index (χ2v) is 10.1. The van der Waals surface area contributed by atoms with Crippen molar-refractivity contribution in [1.82, 2.24) is 26.2 Å². The molecule has 37 heavy (non-hydrogen) atoms. The van der Waals surface area contributed by atoms with Gasteiger partial charge in [-0.25, -0.2) is 0 Å². The Labute approximate surface area is 222 Å². The van der Waals surface area contributed by atoms with E-state index in [1.165, 1.54) is 0 Å². The summed E-state index contributed by atoms with van der Waals surface area (Å²) in [5.41, 5.74) is 0.274. The summed E-state index contributed by atoms with van der Waals surface area (Å²) >= 11 is 0. The quantitative estimate of drug-likeness (QED) is 0.0559. The van der Waals surface area contributed by atoms with E-state index in [2.05, 4.69) is 36.5 Å². The molecule has 0 aromatic carbocycles. The van der Waals surface area contributed by atoms with Crippen molar-refractivity contribution in [1.29, 1.82) is 0 Å². The van der Waals surface area contributed by atoms with Gasteiger partial charge in [-0.15, -0.1) is 0 Å². The topological polar surface area (TPSA) is 160 Å². The van der Waals surface area contributed by atoms with Crippen LogP contribution < -0.4 is 21.3 Å². The minimum absolute atomic E-state index is 0.132. The lowest BCUT2D eigenvalue weighted by Gasteiger charge is -2.30. The van der Waals surface area contributed by atoms with Crippen molar-refractivity contribution in [3.63, 3.8) is 0 Å². The molecule has 12 nitrogen and oxygen atoms in total. The van der Waals surface area contributed by atoms with Gasteiger partial charge >= 0.3 is 0 Å². The van der Waals surface area contributed by atoms with Gasteiger partial charge < -0.3 is 36.4 Å². The van der Waals surface area contributed by atoms with Crippen molar-refractivity contribution in [3.8, 4) is 0 Å². The highest BCUT2D eigenvalue weighted by atomic mass is 16.5. The maximum atomic E-state index is 12.2. The van der Waals surface area contributed by atoms with Crippen LogP contribution in [0, 0.1) is 0 Å². The van der Waals surface area contributed by atoms with Crippen molar-refractivity contribution >= 4 is 23.2 Å². The van der Waals surface area contributed by atoms with E-state index in [0.29, 0.717) is 70.5 Å². The fraction of sp³-hybridized carbons (Fsp3) is 0.840. The van der Waals surface area contributed by atoms with E-state index in [-0.39, 0.29) is 24.7 Å². The first kappa shape index (κ1) is 34.7. The number of carbonyl (C=O) groups excluding carboxylic acids is 2. The highest BCUT2D eigenvalue weighted by Gasteiger charge is 2.23. The summed E-state index contributed by atoms with van der Waals surface area (Å²) in [5, 5.41) is 37.2. The predicted molar refractivity (Wildman–Crippen MR) is 147 cm³/mol. The summed E-state index contributed by atoms with van der Waals surface area (Å²) < 4.78 is 5.32. The lowest BCUT2D eigenvalue weighted by molar-refractivity contribution is -0.126. The summed E-state index contributed by atoms with van der Waals surface area (Å²) in [4.78, 5) is 26.3. The summed E-state index contributed by atoms with van der Waals surface area (Å²) in [5.74, 6) is -0.330. The molecule has 0 rings (SSSR count). The molecule has 12 heteroatoms. The maximum absolute atomic E-state index is 12.2. The van der Waals surface area contributed by atoms with Crippen molar-refractivity contribution < 1.29 is 24.7 Å². The van der Waals surface area contributed by atoms with Crippen molar-refractivity contribution in [2.24, 2.45) is 10.3 Å². The molecule has 0 aliphatic rings. The monoisotopic (exact) mass is 529 g/mol. The third-order valence-electron chi connectivity index (χ3n) is 6.35. The zero-order valence-electron chi connectivity index (χ0n) is 23.9. The van der Waals surface area contributed by atoms with Gasteiger partial charge in [0.05, 0.1) is 29.1 Å². The van der Waals surface area contributed by atoms with Crippen LogP contribution in [-0.2, 0) is 14.3 Å². The van der Waals surface area contributed by atoms with Crippen LogP contribution in [0.1, 0.15) is 67.7 Å². The van der Waals surface area contributed by atoms with Gasteiger partial charge in [0, 0.05) is 65.3 Å². The average Bonchev–Trinajstić information content (AvgIpc) is 2.85. The lowest BCUT2D eigenvalue weighted by Crippen LogP contribution is -2.51. The van der Waals surface area contributed by atoms with Gasteiger partial charge in [-0.05, 0) is 48.0 Å². The molecular weight excluding hydrogens is 478 g/mol. The van der Waals surface area contributed by atoms with Crippen LogP contribution in [-0.4, -0.2) is 109 Å². The van der Waals surface area contributed by atoms with Crippen LogP contribution in [0.4, 0.5) is 0 Å². The Morgan fingerprint density at radius 2 is 1.19 bits per heavy atom. The highest BCUT2D eigenvalue weighted by molar-refractivity contribution is 5.90. The number of oxime groups is 2. The van der Waals surface area contributed by atoms with Crippen molar-refractivity contribution in [2.45, 2.75) is 78.8 Å². The van der Waals surface area contributed by atoms with Crippen LogP contribution >= 0.6 is 0 Å². The zero-order valence-corrected chi connectivity index (χ0v) is 23.9. The molecule has 0 aromatic rings. The molecule has 0 atom stereocenters. The van der Waals surface area contributed by atoms with Gasteiger partial charge in [-0.2, -0.15) is 0 Å². The van der Waals surface area contributed by atoms with Gasteiger partial charge in [0.25, 0.3) is 0 Å². The Morgan fingerprint density at radius 1 is 0.757 bits per heavy atom. The number of carbonyl (C=O) groups is 2. The first-order valence-corrected chi connectivity index (χ1v) is 13.1. The van der Waals surface area contributed by atoms with Gasteiger partial charge in [-0.1, -0.05) is 17.2 Å². The van der Waals surface area contributed by atoms with E-state index < -0.39 is 11.1 Å². The zero-order chi connectivity index (χ0) is 28.3. The normalized spacial score (nSPS) is 13.2. The minimum Gasteiger partial charge on any atom is -0.411 e. The van der Waals surface area contributed by atoms with Crippen LogP contribution in [0.3, 0.4) is 0 Å². The minimum atomic E-state index is -0.452. The second-order valence-electron chi connectivity index (χ2n) is 10.1. The van der Waals surface area contributed by atoms with E-state index in [1.54, 1.807) is 13.8 Å². The molecule has 0 radical (unpaired) electrons. The van der Waals surface area contributed by atoms with Gasteiger partial charge in [0.15, 0.2) is 0 Å². The van der Waals surface area contributed by atoms with Crippen molar-refractivity contribution in [2.75, 3.05) is 59.0 Å². The fourth-order valence-corrected chi connectivity index (χ4v) is 3.16. The lowest BCUT2D eigenvalue weighted by atomic mass is 9.99. The van der Waals surface area contributed by atoms with Gasteiger partial charge in [-0.3, -0.25) is 14.5 Å². The SMILES string of the molecule is CCCOCCNC(=O)CCC(=O)NCCN(CCNC(C)(C)/C(C)=N\O)CCNC(C)(C)/C(C)=N\O. The summed E-state index contributed by atoms with van der Waals surface area (Å²) in [6.07, 6.45) is 1.20. The standard InChI is InChI=1S/C25H51N7O5/c1-8-18-37-19-14-27-23(34)10-9-22(33)26-11-15-32(16-12-28-24(4,5)20(2)30-35)17-13-29-25(6,7)21(3)31-36/h28-29,35-36H,8-19H2,1-7H3,(H,26,33)(H,27,34)/b30-20-,31-21-. The third kappa shape index (κ3) is 16.2. The summed E-state index contributed by atoms with van der Waals surface area (Å²) in [7, 11) is 0. The molecule has 0 aliphatic carbocycles. The van der Waals surface area contributed by atoms with Crippen LogP contribution in [0.15, 0.2) is 10.3 Å². The van der Waals surface area contributed by atoms with E-state index >= 15 is 0 Å². The Balaban J connectivity index is 4.62. The first-order chi connectivity index (χ1) is 17.4. The number of hydrogen-bond acceptors (Lipinski definition) is 10. The Morgan fingerprint density at radius 3 is 1.62 bits per heavy atom. The highest BCUT2D eigenvalue weighted by Crippen LogP contribution is 2.06. The molecule has 0 saturated carbocycles. The average molecular weight is 530 g/mol. The molecule has 0 bridgehead atoms. The smallest absolute Gasteiger partial charge is 0.220 e. The van der Waals surface area contributed by atoms with E-state index in [1.807, 2.05) is 34.6 Å². The van der Waals surface area contributed by atoms with Crippen molar-refractivity contribution in [3.05, 3.63) is 0 Å². The summed E-state index contributed by atoms with van der Waals surface area (Å²) in [6, 6.07) is 0. The van der Waals surface area contributed by atoms with Gasteiger partial charge in [0.1, 0.15) is 0 Å².